The molecule has 12 heteroatoms. The molecular formula is C37H34Cl2F2N6O2. The van der Waals surface area contributed by atoms with Crippen LogP contribution in [0.25, 0.3) is 21.2 Å². The molecule has 7 rings (SSSR count). The summed E-state index contributed by atoms with van der Waals surface area (Å²) in [6, 6.07) is 9.90. The van der Waals surface area contributed by atoms with Gasteiger partial charge in [0.2, 0.25) is 18.3 Å². The summed E-state index contributed by atoms with van der Waals surface area (Å²) in [5.74, 6) is -1.11. The quantitative estimate of drug-likeness (QED) is 0.253. The van der Waals surface area contributed by atoms with E-state index in [-0.39, 0.29) is 35.6 Å². The molecule has 49 heavy (non-hydrogen) atoms. The molecule has 3 fully saturated rings. The number of carbonyl (C=O) groups is 1. The topological polar surface area (TPSA) is 76.5 Å². The molecule has 5 atom stereocenters. The van der Waals surface area contributed by atoms with Gasteiger partial charge in [-0.3, -0.25) is 9.69 Å². The summed E-state index contributed by atoms with van der Waals surface area (Å²) in [5, 5.41) is 12.3. The smallest absolute Gasteiger partial charge is 0.246 e. The number of allylic oxidation sites excluding steroid dienone is 2. The monoisotopic (exact) mass is 702 g/mol. The van der Waals surface area contributed by atoms with Crippen molar-refractivity contribution in [3.05, 3.63) is 99.3 Å². The molecular weight excluding hydrogens is 669 g/mol. The van der Waals surface area contributed by atoms with Crippen LogP contribution in [-0.2, 0) is 9.53 Å². The van der Waals surface area contributed by atoms with E-state index in [1.54, 1.807) is 11.0 Å². The van der Waals surface area contributed by atoms with Gasteiger partial charge in [0.25, 0.3) is 0 Å². The Balaban J connectivity index is 1.31. The number of ether oxygens (including phenoxy) is 1. The number of amides is 1. The number of benzene rings is 2. The van der Waals surface area contributed by atoms with E-state index in [2.05, 4.69) is 22.4 Å². The van der Waals surface area contributed by atoms with Crippen LogP contribution >= 0.6 is 23.2 Å². The van der Waals surface area contributed by atoms with Crippen molar-refractivity contribution in [1.82, 2.24) is 14.7 Å². The van der Waals surface area contributed by atoms with Crippen molar-refractivity contribution < 1.29 is 18.3 Å². The Kier molecular flexibility index (Phi) is 9.00. The van der Waals surface area contributed by atoms with Crippen LogP contribution in [0.3, 0.4) is 0 Å². The van der Waals surface area contributed by atoms with Crippen molar-refractivity contribution in [2.75, 3.05) is 45.9 Å². The predicted molar refractivity (Wildman–Crippen MR) is 186 cm³/mol. The van der Waals surface area contributed by atoms with E-state index in [0.717, 1.165) is 24.8 Å². The van der Waals surface area contributed by atoms with Crippen molar-refractivity contribution in [2.45, 2.75) is 43.1 Å². The van der Waals surface area contributed by atoms with Gasteiger partial charge in [0.15, 0.2) is 0 Å². The minimum absolute atomic E-state index is 0.00925. The highest BCUT2D eigenvalue weighted by molar-refractivity contribution is 6.40. The molecule has 2 unspecified atom stereocenters. The first-order chi connectivity index (χ1) is 23.7. The number of aliphatic imine (C=N–C) groups is 1. The number of nitriles is 1. The van der Waals surface area contributed by atoms with Crippen LogP contribution in [0.4, 0.5) is 8.78 Å². The number of carbonyl (C=O) groups excluding carboxylic acids is 1. The van der Waals surface area contributed by atoms with Crippen LogP contribution in [0.2, 0.25) is 5.02 Å². The van der Waals surface area contributed by atoms with Crippen molar-refractivity contribution in [2.24, 2.45) is 10.9 Å². The maximum absolute atomic E-state index is 14.7. The SMILES string of the molecule is [C-]#[N+]C[C@H]1CN(C2=C(C#N)C(OC[C@@]34CCCN3C[C@H](F)C4)=NC3C=C(c4cccc5ccc(F)c(Cl)c45)C(Cl)=CC23)CCN1C(=O)C=C. The normalized spacial score (nSPS) is 28.2. The molecule has 0 bridgehead atoms. The van der Waals surface area contributed by atoms with Gasteiger partial charge in [0.05, 0.1) is 16.6 Å². The van der Waals surface area contributed by atoms with Crippen LogP contribution in [0.5, 0.6) is 0 Å². The second-order valence-electron chi connectivity index (χ2n) is 13.2. The van der Waals surface area contributed by atoms with Gasteiger partial charge in [-0.25, -0.2) is 20.3 Å². The van der Waals surface area contributed by atoms with Crippen LogP contribution in [0.15, 0.2) is 76.4 Å². The molecule has 1 amide bonds. The lowest BCUT2D eigenvalue weighted by Crippen LogP contribution is -2.57. The molecule has 252 valence electrons. The molecule has 2 aromatic carbocycles. The zero-order valence-electron chi connectivity index (χ0n) is 26.7. The number of halogens is 4. The first-order valence-electron chi connectivity index (χ1n) is 16.4. The summed E-state index contributed by atoms with van der Waals surface area (Å²) in [6.45, 7) is 13.6. The molecule has 5 aliphatic rings. The molecule has 4 aliphatic heterocycles. The lowest BCUT2D eigenvalue weighted by Gasteiger charge is -2.45. The van der Waals surface area contributed by atoms with E-state index in [9.17, 15) is 18.8 Å². The average Bonchev–Trinajstić information content (AvgIpc) is 3.63. The van der Waals surface area contributed by atoms with E-state index < -0.39 is 35.5 Å². The largest absolute Gasteiger partial charge is 0.475 e. The zero-order valence-corrected chi connectivity index (χ0v) is 28.2. The van der Waals surface area contributed by atoms with Crippen LogP contribution in [-0.4, -0.2) is 96.2 Å². The summed E-state index contributed by atoms with van der Waals surface area (Å²) in [5.41, 5.74) is 1.69. The second-order valence-corrected chi connectivity index (χ2v) is 14.0. The molecule has 0 radical (unpaired) electrons. The van der Waals surface area contributed by atoms with E-state index in [1.165, 1.54) is 12.1 Å². The van der Waals surface area contributed by atoms with Crippen molar-refractivity contribution >= 4 is 51.4 Å². The molecule has 0 aromatic heterocycles. The van der Waals surface area contributed by atoms with E-state index >= 15 is 0 Å². The molecule has 2 aromatic rings. The third-order valence-electron chi connectivity index (χ3n) is 10.5. The maximum Gasteiger partial charge on any atom is 0.246 e. The Bertz CT molecular complexity index is 1950. The number of alkyl halides is 1. The molecule has 0 saturated carbocycles. The molecule has 0 N–H and O–H groups in total. The summed E-state index contributed by atoms with van der Waals surface area (Å²) in [4.78, 5) is 27.1. The van der Waals surface area contributed by atoms with Crippen molar-refractivity contribution in [1.29, 1.82) is 5.26 Å². The number of hydrogen-bond donors (Lipinski definition) is 0. The summed E-state index contributed by atoms with van der Waals surface area (Å²) in [6.07, 6.45) is 6.17. The minimum atomic E-state index is -0.939. The van der Waals surface area contributed by atoms with Crippen LogP contribution < -0.4 is 0 Å². The van der Waals surface area contributed by atoms with Crippen LogP contribution in [0, 0.1) is 29.6 Å². The number of hydrogen-bond acceptors (Lipinski definition) is 6. The van der Waals surface area contributed by atoms with Gasteiger partial charge in [0, 0.05) is 54.6 Å². The third-order valence-corrected chi connectivity index (χ3v) is 11.2. The standard InChI is InChI=1S/C37H34Cl2F2N6O2/c1-3-32(48)47-13-12-45(20-24(47)18-43-2)35-27-14-29(38)26(25-7-4-6-22-8-9-30(41)34(39)33(22)25)15-31(27)44-36(28(35)17-42)49-21-37-10-5-11-46(37)19-23(40)16-37/h3-4,6-9,14-15,23-24,27,31H,1,5,10-13,16,18-21H2/t23-,24+,27?,31?,37+/m1/s1. The average molecular weight is 704 g/mol. The lowest BCUT2D eigenvalue weighted by atomic mass is 9.82. The van der Waals surface area contributed by atoms with Gasteiger partial charge in [-0.2, -0.15) is 5.26 Å². The third kappa shape index (κ3) is 5.80. The summed E-state index contributed by atoms with van der Waals surface area (Å²) in [7, 11) is 0. The fraction of sp³-hybridized carbons (Fsp3) is 0.405. The maximum atomic E-state index is 14.7. The fourth-order valence-electron chi connectivity index (χ4n) is 8.26. The first-order valence-corrected chi connectivity index (χ1v) is 17.2. The number of piperazine rings is 1. The number of nitrogens with zero attached hydrogens (tertiary/aromatic N) is 6. The van der Waals surface area contributed by atoms with Gasteiger partial charge >= 0.3 is 0 Å². The number of dihydropyridines is 1. The molecule has 0 spiro atoms. The Hall–Kier alpha value is -4.22. The van der Waals surface area contributed by atoms with E-state index in [4.69, 9.17) is 39.5 Å². The highest BCUT2D eigenvalue weighted by atomic mass is 35.5. The highest BCUT2D eigenvalue weighted by Crippen LogP contribution is 2.45. The highest BCUT2D eigenvalue weighted by Gasteiger charge is 2.50. The Morgan fingerprint density at radius 1 is 1.22 bits per heavy atom. The summed E-state index contributed by atoms with van der Waals surface area (Å²) < 4.78 is 35.8. The lowest BCUT2D eigenvalue weighted by molar-refractivity contribution is -0.130. The molecule has 1 aliphatic carbocycles. The van der Waals surface area contributed by atoms with Gasteiger partial charge in [-0.15, -0.1) is 0 Å². The van der Waals surface area contributed by atoms with Gasteiger partial charge < -0.3 is 19.4 Å². The van der Waals surface area contributed by atoms with E-state index in [1.807, 2.05) is 35.3 Å². The predicted octanol–water partition coefficient (Wildman–Crippen LogP) is 6.54. The van der Waals surface area contributed by atoms with E-state index in [0.29, 0.717) is 59.9 Å². The molecule has 4 heterocycles. The zero-order chi connectivity index (χ0) is 34.4. The van der Waals surface area contributed by atoms with Gasteiger partial charge in [-0.1, -0.05) is 60.1 Å². The first kappa shape index (κ1) is 33.3. The summed E-state index contributed by atoms with van der Waals surface area (Å²) >= 11 is 13.6. The van der Waals surface area contributed by atoms with Gasteiger partial charge in [-0.05, 0) is 54.1 Å². The fourth-order valence-corrected chi connectivity index (χ4v) is 8.84. The van der Waals surface area contributed by atoms with Crippen molar-refractivity contribution in [3.8, 4) is 6.07 Å². The Morgan fingerprint density at radius 2 is 2.06 bits per heavy atom. The molecule has 3 saturated heterocycles. The Morgan fingerprint density at radius 3 is 2.84 bits per heavy atom. The number of rotatable bonds is 6. The number of fused-ring (bicyclic) bond motifs is 3. The van der Waals surface area contributed by atoms with Crippen molar-refractivity contribution in [3.63, 3.8) is 0 Å². The second kappa shape index (κ2) is 13.2. The van der Waals surface area contributed by atoms with Crippen LogP contribution in [0.1, 0.15) is 24.8 Å². The Labute approximate surface area is 294 Å². The van der Waals surface area contributed by atoms with Gasteiger partial charge in [0.1, 0.15) is 36.3 Å². The minimum Gasteiger partial charge on any atom is -0.475 e. The molecule has 8 nitrogen and oxygen atoms in total.